The number of piperazine rings is 1. The molecule has 1 aliphatic rings. The molecule has 1 aromatic heterocycles. The van der Waals surface area contributed by atoms with E-state index >= 15 is 0 Å². The van der Waals surface area contributed by atoms with E-state index in [0.29, 0.717) is 9.90 Å². The molecule has 134 valence electrons. The fourth-order valence-electron chi connectivity index (χ4n) is 3.32. The zero-order valence-corrected chi connectivity index (χ0v) is 16.2. The number of hydrogen-bond donors (Lipinski definition) is 2. The molecule has 2 heterocycles. The number of hydrogen-bond acceptors (Lipinski definition) is 3. The summed E-state index contributed by atoms with van der Waals surface area (Å²) in [5, 5.41) is 4.54. The molecule has 1 amide bonds. The van der Waals surface area contributed by atoms with Crippen LogP contribution in [0.15, 0.2) is 48.5 Å². The zero-order chi connectivity index (χ0) is 18.1. The van der Waals surface area contributed by atoms with Crippen LogP contribution in [-0.2, 0) is 0 Å². The van der Waals surface area contributed by atoms with Gasteiger partial charge in [0.15, 0.2) is 0 Å². The van der Waals surface area contributed by atoms with Crippen LogP contribution >= 0.6 is 22.9 Å². The van der Waals surface area contributed by atoms with Crippen LogP contribution in [0, 0.1) is 0 Å². The van der Waals surface area contributed by atoms with Gasteiger partial charge in [0.1, 0.15) is 4.88 Å². The maximum absolute atomic E-state index is 12.9. The number of likely N-dealkylation sites (N-methyl/N-ethyl adjacent to an activating group) is 1. The molecule has 0 bridgehead atoms. The Balaban J connectivity index is 1.61. The van der Waals surface area contributed by atoms with Crippen LogP contribution in [0.5, 0.6) is 0 Å². The van der Waals surface area contributed by atoms with Crippen LogP contribution in [0.3, 0.4) is 0 Å². The Morgan fingerprint density at radius 1 is 1.12 bits per heavy atom. The summed E-state index contributed by atoms with van der Waals surface area (Å²) >= 11 is 7.89. The number of benzene rings is 2. The molecule has 0 spiro atoms. The number of nitrogens with zero attached hydrogens (tertiary/aromatic N) is 1. The minimum absolute atomic E-state index is 0.150. The molecule has 1 saturated heterocycles. The van der Waals surface area contributed by atoms with Gasteiger partial charge in [-0.1, -0.05) is 41.9 Å². The van der Waals surface area contributed by atoms with Crippen LogP contribution in [0.4, 0.5) is 11.4 Å². The molecule has 0 saturated carbocycles. The van der Waals surface area contributed by atoms with Crippen molar-refractivity contribution in [2.24, 2.45) is 0 Å². The van der Waals surface area contributed by atoms with Crippen molar-refractivity contribution in [2.45, 2.75) is 0 Å². The molecular formula is C20H21ClN3OS+. The maximum atomic E-state index is 12.9. The molecule has 6 heteroatoms. The van der Waals surface area contributed by atoms with Crippen LogP contribution < -0.4 is 15.1 Å². The first-order valence-corrected chi connectivity index (χ1v) is 9.96. The van der Waals surface area contributed by atoms with Gasteiger partial charge in [0, 0.05) is 10.1 Å². The number of fused-ring (bicyclic) bond motifs is 1. The Kier molecular flexibility index (Phi) is 4.85. The summed E-state index contributed by atoms with van der Waals surface area (Å²) in [5.41, 5.74) is 1.91. The second-order valence-corrected chi connectivity index (χ2v) is 8.09. The summed E-state index contributed by atoms with van der Waals surface area (Å²) in [4.78, 5) is 17.3. The van der Waals surface area contributed by atoms with Gasteiger partial charge in [-0.3, -0.25) is 4.79 Å². The highest BCUT2D eigenvalue weighted by molar-refractivity contribution is 7.21. The van der Waals surface area contributed by atoms with Gasteiger partial charge in [-0.15, -0.1) is 11.3 Å². The fraction of sp³-hybridized carbons (Fsp3) is 0.250. The minimum atomic E-state index is -0.150. The minimum Gasteiger partial charge on any atom is -0.359 e. The van der Waals surface area contributed by atoms with E-state index in [9.17, 15) is 4.79 Å². The molecule has 3 aromatic rings. The summed E-state index contributed by atoms with van der Waals surface area (Å²) in [5.74, 6) is -0.150. The SMILES string of the molecule is C[NH+]1CCN(c2ccccc2NC(=O)c2sc3ccccc3c2Cl)CC1. The topological polar surface area (TPSA) is 36.8 Å². The van der Waals surface area contributed by atoms with Crippen molar-refractivity contribution in [1.82, 2.24) is 0 Å². The van der Waals surface area contributed by atoms with Crippen molar-refractivity contribution in [1.29, 1.82) is 0 Å². The van der Waals surface area contributed by atoms with Crippen LogP contribution in [-0.4, -0.2) is 39.1 Å². The van der Waals surface area contributed by atoms with Crippen molar-refractivity contribution in [3.63, 3.8) is 0 Å². The average Bonchev–Trinajstić information content (AvgIpc) is 3.00. The normalized spacial score (nSPS) is 15.4. The van der Waals surface area contributed by atoms with Crippen molar-refractivity contribution in [3.8, 4) is 0 Å². The Labute approximate surface area is 162 Å². The predicted octanol–water partition coefficient (Wildman–Crippen LogP) is 3.14. The van der Waals surface area contributed by atoms with Gasteiger partial charge in [-0.25, -0.2) is 0 Å². The molecule has 0 atom stereocenters. The number of nitrogens with one attached hydrogen (secondary N) is 2. The molecule has 0 radical (unpaired) electrons. The summed E-state index contributed by atoms with van der Waals surface area (Å²) in [6, 6.07) is 15.8. The van der Waals surface area contributed by atoms with E-state index in [1.54, 1.807) is 4.90 Å². The smallest absolute Gasteiger partial charge is 0.267 e. The van der Waals surface area contributed by atoms with Gasteiger partial charge in [0.25, 0.3) is 5.91 Å². The quantitative estimate of drug-likeness (QED) is 0.725. The standard InChI is InChI=1S/C20H20ClN3OS/c1-23-10-12-24(13-11-23)16-8-4-3-7-15(16)22-20(25)19-18(21)14-6-2-5-9-17(14)26-19/h2-9H,10-13H2,1H3,(H,22,25)/p+1. The summed E-state index contributed by atoms with van der Waals surface area (Å²) in [7, 11) is 2.22. The monoisotopic (exact) mass is 386 g/mol. The summed E-state index contributed by atoms with van der Waals surface area (Å²) in [6.45, 7) is 4.18. The van der Waals surface area contributed by atoms with Gasteiger partial charge in [0.05, 0.1) is 49.6 Å². The highest BCUT2D eigenvalue weighted by atomic mass is 35.5. The summed E-state index contributed by atoms with van der Waals surface area (Å²) in [6.07, 6.45) is 0. The second kappa shape index (κ2) is 7.27. The first-order valence-electron chi connectivity index (χ1n) is 8.77. The van der Waals surface area contributed by atoms with Crippen LogP contribution in [0.1, 0.15) is 9.67 Å². The lowest BCUT2D eigenvalue weighted by Crippen LogP contribution is -3.12. The number of halogens is 1. The maximum Gasteiger partial charge on any atom is 0.267 e. The Morgan fingerprint density at radius 3 is 2.58 bits per heavy atom. The molecular weight excluding hydrogens is 366 g/mol. The molecule has 1 fully saturated rings. The Bertz CT molecular complexity index is 947. The Hall–Kier alpha value is -2.08. The lowest BCUT2D eigenvalue weighted by Gasteiger charge is -2.32. The lowest BCUT2D eigenvalue weighted by atomic mass is 10.2. The Morgan fingerprint density at radius 2 is 1.81 bits per heavy atom. The lowest BCUT2D eigenvalue weighted by molar-refractivity contribution is -0.880. The highest BCUT2D eigenvalue weighted by Gasteiger charge is 2.22. The van der Waals surface area contributed by atoms with Crippen molar-refractivity contribution in [3.05, 3.63) is 58.4 Å². The van der Waals surface area contributed by atoms with Crippen LogP contribution in [0.2, 0.25) is 5.02 Å². The first kappa shape index (κ1) is 17.3. The van der Waals surface area contributed by atoms with E-state index in [1.807, 2.05) is 42.5 Å². The van der Waals surface area contributed by atoms with Gasteiger partial charge >= 0.3 is 0 Å². The summed E-state index contributed by atoms with van der Waals surface area (Å²) < 4.78 is 1.03. The number of carbonyl (C=O) groups is 1. The van der Waals surface area contributed by atoms with E-state index in [4.69, 9.17) is 11.6 Å². The third-order valence-electron chi connectivity index (χ3n) is 4.85. The van der Waals surface area contributed by atoms with E-state index in [-0.39, 0.29) is 5.91 Å². The number of para-hydroxylation sites is 2. The number of anilines is 2. The van der Waals surface area contributed by atoms with Crippen molar-refractivity contribution < 1.29 is 9.69 Å². The van der Waals surface area contributed by atoms with Crippen LogP contribution in [0.25, 0.3) is 10.1 Å². The predicted molar refractivity (Wildman–Crippen MR) is 110 cm³/mol. The average molecular weight is 387 g/mol. The molecule has 26 heavy (non-hydrogen) atoms. The van der Waals surface area contributed by atoms with E-state index in [0.717, 1.165) is 47.6 Å². The number of thiophene rings is 1. The highest BCUT2D eigenvalue weighted by Crippen LogP contribution is 2.36. The van der Waals surface area contributed by atoms with E-state index in [1.165, 1.54) is 11.3 Å². The largest absolute Gasteiger partial charge is 0.359 e. The molecule has 4 rings (SSSR count). The molecule has 2 N–H and O–H groups in total. The zero-order valence-electron chi connectivity index (χ0n) is 14.6. The fourth-order valence-corrected chi connectivity index (χ4v) is 4.74. The number of quaternary nitrogens is 1. The molecule has 1 aliphatic heterocycles. The van der Waals surface area contributed by atoms with E-state index in [2.05, 4.69) is 23.3 Å². The van der Waals surface area contributed by atoms with Gasteiger partial charge < -0.3 is 15.1 Å². The molecule has 4 nitrogen and oxygen atoms in total. The number of rotatable bonds is 3. The third-order valence-corrected chi connectivity index (χ3v) is 6.53. The van der Waals surface area contributed by atoms with Gasteiger partial charge in [-0.2, -0.15) is 0 Å². The molecule has 2 aromatic carbocycles. The van der Waals surface area contributed by atoms with E-state index < -0.39 is 0 Å². The third kappa shape index (κ3) is 3.30. The second-order valence-electron chi connectivity index (χ2n) is 6.66. The van der Waals surface area contributed by atoms with Gasteiger partial charge in [0.2, 0.25) is 0 Å². The van der Waals surface area contributed by atoms with Crippen molar-refractivity contribution in [2.75, 3.05) is 43.4 Å². The van der Waals surface area contributed by atoms with Gasteiger partial charge in [-0.05, 0) is 18.2 Å². The molecule has 0 aliphatic carbocycles. The number of amides is 1. The number of carbonyl (C=O) groups excluding carboxylic acids is 1. The van der Waals surface area contributed by atoms with Crippen molar-refractivity contribution >= 4 is 50.3 Å². The molecule has 0 unspecified atom stereocenters. The first-order chi connectivity index (χ1) is 12.6.